The van der Waals surface area contributed by atoms with Gasteiger partial charge in [-0.3, -0.25) is 9.59 Å². The summed E-state index contributed by atoms with van der Waals surface area (Å²) in [4.78, 5) is 23.9. The number of benzene rings is 2. The Bertz CT molecular complexity index is 737. The third-order valence-electron chi connectivity index (χ3n) is 3.42. The van der Waals surface area contributed by atoms with E-state index in [0.29, 0.717) is 23.7 Å². The van der Waals surface area contributed by atoms with Gasteiger partial charge in [0, 0.05) is 17.8 Å². The van der Waals surface area contributed by atoms with Crippen molar-refractivity contribution in [3.8, 4) is 5.75 Å². The Morgan fingerprint density at radius 3 is 2.12 bits per heavy atom. The molecule has 0 aliphatic heterocycles. The zero-order chi connectivity index (χ0) is 17.7. The molecule has 126 valence electrons. The first-order valence-corrected chi connectivity index (χ1v) is 7.86. The number of phenolic OH excluding ortho intramolecular Hbond substituents is 1. The van der Waals surface area contributed by atoms with Crippen molar-refractivity contribution in [1.82, 2.24) is 0 Å². The molecule has 3 N–H and O–H groups in total. The lowest BCUT2D eigenvalue weighted by Crippen LogP contribution is -2.14. The van der Waals surface area contributed by atoms with Crippen molar-refractivity contribution in [2.45, 2.75) is 27.2 Å². The minimum absolute atomic E-state index is 0.0358. The second-order valence-electron chi connectivity index (χ2n) is 6.20. The quantitative estimate of drug-likeness (QED) is 0.779. The van der Waals surface area contributed by atoms with Crippen LogP contribution in [0.4, 0.5) is 11.4 Å². The summed E-state index contributed by atoms with van der Waals surface area (Å²) in [5, 5.41) is 15.4. The maximum Gasteiger partial charge on any atom is 0.259 e. The summed E-state index contributed by atoms with van der Waals surface area (Å²) >= 11 is 0. The highest BCUT2D eigenvalue weighted by molar-refractivity contribution is 6.06. The van der Waals surface area contributed by atoms with E-state index in [2.05, 4.69) is 10.6 Å². The Morgan fingerprint density at radius 1 is 1.00 bits per heavy atom. The third-order valence-corrected chi connectivity index (χ3v) is 3.42. The molecule has 2 amide bonds. The van der Waals surface area contributed by atoms with Gasteiger partial charge in [0.25, 0.3) is 5.91 Å². The van der Waals surface area contributed by atoms with E-state index in [-0.39, 0.29) is 23.1 Å². The van der Waals surface area contributed by atoms with Gasteiger partial charge in [-0.15, -0.1) is 0 Å². The predicted octanol–water partition coefficient (Wildman–Crippen LogP) is 3.94. The number of rotatable bonds is 5. The zero-order valence-corrected chi connectivity index (χ0v) is 14.1. The summed E-state index contributed by atoms with van der Waals surface area (Å²) in [5.41, 5.74) is 2.36. The smallest absolute Gasteiger partial charge is 0.259 e. The Kier molecular flexibility index (Phi) is 5.58. The number of carbonyl (C=O) groups is 2. The maximum atomic E-state index is 12.2. The van der Waals surface area contributed by atoms with Crippen molar-refractivity contribution in [2.24, 2.45) is 5.92 Å². The number of hydrogen-bond donors (Lipinski definition) is 3. The summed E-state index contributed by atoms with van der Waals surface area (Å²) in [7, 11) is 0. The number of nitrogens with one attached hydrogen (secondary N) is 2. The highest BCUT2D eigenvalue weighted by Gasteiger charge is 2.11. The van der Waals surface area contributed by atoms with Gasteiger partial charge >= 0.3 is 0 Å². The van der Waals surface area contributed by atoms with Crippen LogP contribution < -0.4 is 10.6 Å². The van der Waals surface area contributed by atoms with Crippen LogP contribution in [0.1, 0.15) is 36.2 Å². The van der Waals surface area contributed by atoms with Crippen molar-refractivity contribution >= 4 is 23.2 Å². The van der Waals surface area contributed by atoms with Gasteiger partial charge in [0.15, 0.2) is 0 Å². The van der Waals surface area contributed by atoms with Crippen LogP contribution in [0.25, 0.3) is 0 Å². The van der Waals surface area contributed by atoms with Crippen molar-refractivity contribution in [1.29, 1.82) is 0 Å². The second-order valence-corrected chi connectivity index (χ2v) is 6.20. The molecule has 2 rings (SSSR count). The van der Waals surface area contributed by atoms with E-state index in [1.165, 1.54) is 0 Å². The normalized spacial score (nSPS) is 10.5. The molecule has 0 unspecified atom stereocenters. The standard InChI is InChI=1S/C19H22N2O3/c1-12(2)10-18(23)20-14-5-7-15(8-6-14)21-19(24)16-9-4-13(3)11-17(16)22/h4-9,11-12,22H,10H2,1-3H3,(H,20,23)(H,21,24). The lowest BCUT2D eigenvalue weighted by molar-refractivity contribution is -0.116. The van der Waals surface area contributed by atoms with E-state index in [1.807, 2.05) is 20.8 Å². The van der Waals surface area contributed by atoms with Crippen molar-refractivity contribution in [3.63, 3.8) is 0 Å². The SMILES string of the molecule is Cc1ccc(C(=O)Nc2ccc(NC(=O)CC(C)C)cc2)c(O)c1. The first-order chi connectivity index (χ1) is 11.3. The molecule has 0 aliphatic rings. The molecule has 24 heavy (non-hydrogen) atoms. The Hall–Kier alpha value is -2.82. The van der Waals surface area contributed by atoms with Gasteiger partial charge in [0.2, 0.25) is 5.91 Å². The van der Waals surface area contributed by atoms with Crippen LogP contribution in [-0.4, -0.2) is 16.9 Å². The molecule has 5 nitrogen and oxygen atoms in total. The fourth-order valence-corrected chi connectivity index (χ4v) is 2.25. The number of carbonyl (C=O) groups excluding carboxylic acids is 2. The minimum Gasteiger partial charge on any atom is -0.507 e. The first kappa shape index (κ1) is 17.5. The molecule has 0 aromatic heterocycles. The number of aryl methyl sites for hydroxylation is 1. The molecule has 2 aromatic rings. The summed E-state index contributed by atoms with van der Waals surface area (Å²) in [6, 6.07) is 11.7. The van der Waals surface area contributed by atoms with Crippen molar-refractivity contribution in [3.05, 3.63) is 53.6 Å². The topological polar surface area (TPSA) is 78.4 Å². The van der Waals surface area contributed by atoms with Crippen LogP contribution in [-0.2, 0) is 4.79 Å². The monoisotopic (exact) mass is 326 g/mol. The predicted molar refractivity (Wildman–Crippen MR) is 95.3 cm³/mol. The fourth-order valence-electron chi connectivity index (χ4n) is 2.25. The number of aromatic hydroxyl groups is 1. The molecule has 0 saturated heterocycles. The Labute approximate surface area is 141 Å². The maximum absolute atomic E-state index is 12.2. The van der Waals surface area contributed by atoms with E-state index < -0.39 is 0 Å². The van der Waals surface area contributed by atoms with Gasteiger partial charge in [-0.05, 0) is 54.8 Å². The molecule has 0 aliphatic carbocycles. The molecule has 5 heteroatoms. The number of amides is 2. The highest BCUT2D eigenvalue weighted by Crippen LogP contribution is 2.21. The Morgan fingerprint density at radius 2 is 1.58 bits per heavy atom. The van der Waals surface area contributed by atoms with Crippen LogP contribution in [0.5, 0.6) is 5.75 Å². The van der Waals surface area contributed by atoms with Crippen LogP contribution in [0.2, 0.25) is 0 Å². The van der Waals surface area contributed by atoms with E-state index in [9.17, 15) is 14.7 Å². The molecule has 2 aromatic carbocycles. The Balaban J connectivity index is 2.01. The summed E-state index contributed by atoms with van der Waals surface area (Å²) in [6.07, 6.45) is 0.463. The lowest BCUT2D eigenvalue weighted by Gasteiger charge is -2.10. The lowest BCUT2D eigenvalue weighted by atomic mass is 10.1. The van der Waals surface area contributed by atoms with E-state index in [0.717, 1.165) is 5.56 Å². The van der Waals surface area contributed by atoms with E-state index in [4.69, 9.17) is 0 Å². The van der Waals surface area contributed by atoms with Crippen LogP contribution >= 0.6 is 0 Å². The molecule has 0 heterocycles. The van der Waals surface area contributed by atoms with E-state index >= 15 is 0 Å². The largest absolute Gasteiger partial charge is 0.507 e. The van der Waals surface area contributed by atoms with Gasteiger partial charge in [-0.25, -0.2) is 0 Å². The summed E-state index contributed by atoms with van der Waals surface area (Å²) in [6.45, 7) is 5.81. The molecule has 0 spiro atoms. The van der Waals surface area contributed by atoms with E-state index in [1.54, 1.807) is 42.5 Å². The van der Waals surface area contributed by atoms with Gasteiger partial charge in [0.1, 0.15) is 5.75 Å². The number of phenols is 1. The summed E-state index contributed by atoms with van der Waals surface area (Å²) < 4.78 is 0. The molecule has 0 radical (unpaired) electrons. The van der Waals surface area contributed by atoms with Crippen molar-refractivity contribution in [2.75, 3.05) is 10.6 Å². The third kappa shape index (κ3) is 4.84. The van der Waals surface area contributed by atoms with Gasteiger partial charge < -0.3 is 15.7 Å². The molecule has 0 bridgehead atoms. The summed E-state index contributed by atoms with van der Waals surface area (Å²) in [5.74, 6) is -0.175. The highest BCUT2D eigenvalue weighted by atomic mass is 16.3. The average Bonchev–Trinajstić information content (AvgIpc) is 2.48. The van der Waals surface area contributed by atoms with Crippen LogP contribution in [0.15, 0.2) is 42.5 Å². The van der Waals surface area contributed by atoms with Gasteiger partial charge in [0.05, 0.1) is 5.56 Å². The molecular formula is C19H22N2O3. The van der Waals surface area contributed by atoms with Crippen molar-refractivity contribution < 1.29 is 14.7 Å². The molecular weight excluding hydrogens is 304 g/mol. The van der Waals surface area contributed by atoms with Crippen LogP contribution in [0.3, 0.4) is 0 Å². The number of hydrogen-bond acceptors (Lipinski definition) is 3. The number of anilines is 2. The minimum atomic E-state index is -0.385. The zero-order valence-electron chi connectivity index (χ0n) is 14.1. The first-order valence-electron chi connectivity index (χ1n) is 7.86. The van der Waals surface area contributed by atoms with Gasteiger partial charge in [-0.1, -0.05) is 19.9 Å². The second kappa shape index (κ2) is 7.64. The fraction of sp³-hybridized carbons (Fsp3) is 0.263. The molecule has 0 atom stereocenters. The molecule has 0 saturated carbocycles. The van der Waals surface area contributed by atoms with Gasteiger partial charge in [-0.2, -0.15) is 0 Å². The average molecular weight is 326 g/mol. The molecule has 0 fully saturated rings. The van der Waals surface area contributed by atoms with Crippen LogP contribution in [0, 0.1) is 12.8 Å².